The minimum absolute atomic E-state index is 0.00354. The lowest BCUT2D eigenvalue weighted by atomic mass is 9.95. The van der Waals surface area contributed by atoms with Gasteiger partial charge in [0.15, 0.2) is 6.29 Å². The molecule has 0 aliphatic carbocycles. The standard InChI is InChI=1S/C16H21ClNO10P/c17-9-3-1-2-8(6-9)11-4-5-25-29(24,27-11)28-16-14(22)12(20)13(21)15(26-16)10(19)7-18-23/h1-3,6,10-16,19-22H,4-5,7H2/t10-,11-,12+,13+,14+,15-,16+,29-/m1/s1. The zero-order chi connectivity index (χ0) is 21.2. The van der Waals surface area contributed by atoms with Gasteiger partial charge < -0.3 is 25.2 Å². The molecule has 0 radical (unpaired) electrons. The lowest BCUT2D eigenvalue weighted by molar-refractivity contribution is -0.292. The van der Waals surface area contributed by atoms with Gasteiger partial charge in [0.1, 0.15) is 37.1 Å². The van der Waals surface area contributed by atoms with Crippen LogP contribution in [0.5, 0.6) is 0 Å². The molecule has 0 amide bonds. The number of nitrogens with zero attached hydrogens (tertiary/aromatic N) is 1. The summed E-state index contributed by atoms with van der Waals surface area (Å²) in [5.41, 5.74) is 0.635. The molecule has 1 aromatic rings. The Labute approximate surface area is 170 Å². The number of ether oxygens (including phenoxy) is 1. The highest BCUT2D eigenvalue weighted by Gasteiger charge is 2.50. The molecule has 11 nitrogen and oxygen atoms in total. The molecule has 0 bridgehead atoms. The molecule has 2 saturated heterocycles. The summed E-state index contributed by atoms with van der Waals surface area (Å²) in [6.07, 6.45) is -10.6. The number of rotatable bonds is 6. The second-order valence-electron chi connectivity index (χ2n) is 6.64. The Kier molecular flexibility index (Phi) is 7.39. The number of benzene rings is 1. The van der Waals surface area contributed by atoms with Gasteiger partial charge in [-0.3, -0.25) is 13.6 Å². The lowest BCUT2D eigenvalue weighted by Gasteiger charge is -2.42. The number of aliphatic hydroxyl groups is 4. The van der Waals surface area contributed by atoms with E-state index in [9.17, 15) is 29.9 Å². The molecule has 3 rings (SSSR count). The first kappa shape index (κ1) is 22.7. The van der Waals surface area contributed by atoms with Crippen molar-refractivity contribution in [1.82, 2.24) is 0 Å². The topological polar surface area (TPSA) is 164 Å². The fourth-order valence-electron chi connectivity index (χ4n) is 3.09. The van der Waals surface area contributed by atoms with Crippen molar-refractivity contribution in [3.63, 3.8) is 0 Å². The van der Waals surface area contributed by atoms with Crippen LogP contribution in [0, 0.1) is 4.91 Å². The van der Waals surface area contributed by atoms with Gasteiger partial charge in [-0.2, -0.15) is 4.91 Å². The average Bonchev–Trinajstić information content (AvgIpc) is 2.68. The van der Waals surface area contributed by atoms with E-state index in [1.165, 1.54) is 0 Å². The molecule has 13 heteroatoms. The molecule has 0 spiro atoms. The van der Waals surface area contributed by atoms with Crippen molar-refractivity contribution in [2.24, 2.45) is 5.18 Å². The van der Waals surface area contributed by atoms with Gasteiger partial charge in [-0.15, -0.1) is 0 Å². The normalized spacial score (nSPS) is 39.1. The predicted octanol–water partition coefficient (Wildman–Crippen LogP) is 0.878. The van der Waals surface area contributed by atoms with Crippen LogP contribution in [0.1, 0.15) is 18.1 Å². The highest BCUT2D eigenvalue weighted by Crippen LogP contribution is 2.58. The van der Waals surface area contributed by atoms with E-state index in [0.717, 1.165) is 0 Å². The molecule has 2 fully saturated rings. The number of hydrogen-bond donors (Lipinski definition) is 4. The molecular formula is C16H21ClNO10P. The summed E-state index contributed by atoms with van der Waals surface area (Å²) in [7, 11) is -4.26. The van der Waals surface area contributed by atoms with Crippen LogP contribution in [0.25, 0.3) is 0 Å². The minimum atomic E-state index is -4.26. The van der Waals surface area contributed by atoms with Crippen molar-refractivity contribution in [3.05, 3.63) is 39.8 Å². The van der Waals surface area contributed by atoms with Gasteiger partial charge in [0.25, 0.3) is 0 Å². The van der Waals surface area contributed by atoms with Gasteiger partial charge in [-0.1, -0.05) is 28.9 Å². The third-order valence-corrected chi connectivity index (χ3v) is 6.30. The Bertz CT molecular complexity index is 769. The summed E-state index contributed by atoms with van der Waals surface area (Å²) < 4.78 is 34.0. The van der Waals surface area contributed by atoms with Crippen molar-refractivity contribution in [3.8, 4) is 0 Å². The molecule has 0 unspecified atom stereocenters. The maximum Gasteiger partial charge on any atom is 0.477 e. The zero-order valence-electron chi connectivity index (χ0n) is 15.0. The molecule has 162 valence electrons. The van der Waals surface area contributed by atoms with Crippen LogP contribution in [-0.2, 0) is 22.9 Å². The number of phosphoric acid groups is 1. The molecule has 29 heavy (non-hydrogen) atoms. The van der Waals surface area contributed by atoms with Crippen LogP contribution in [0.3, 0.4) is 0 Å². The first-order valence-corrected chi connectivity index (χ1v) is 10.6. The van der Waals surface area contributed by atoms with Crippen molar-refractivity contribution < 1.29 is 43.3 Å². The van der Waals surface area contributed by atoms with Gasteiger partial charge >= 0.3 is 7.82 Å². The Morgan fingerprint density at radius 1 is 1.28 bits per heavy atom. The van der Waals surface area contributed by atoms with E-state index in [0.29, 0.717) is 17.0 Å². The zero-order valence-corrected chi connectivity index (χ0v) is 16.6. The summed E-state index contributed by atoms with van der Waals surface area (Å²) in [6, 6.07) is 6.71. The Morgan fingerprint density at radius 3 is 2.72 bits per heavy atom. The molecule has 4 N–H and O–H groups in total. The second-order valence-corrected chi connectivity index (χ2v) is 8.65. The highest BCUT2D eigenvalue weighted by molar-refractivity contribution is 7.48. The third-order valence-electron chi connectivity index (χ3n) is 4.59. The smallest absolute Gasteiger partial charge is 0.388 e. The van der Waals surface area contributed by atoms with E-state index < -0.39 is 57.3 Å². The summed E-state index contributed by atoms with van der Waals surface area (Å²) >= 11 is 5.97. The summed E-state index contributed by atoms with van der Waals surface area (Å²) in [4.78, 5) is 10.4. The molecule has 2 aliphatic rings. The predicted molar refractivity (Wildman–Crippen MR) is 97.9 cm³/mol. The van der Waals surface area contributed by atoms with Crippen molar-refractivity contribution in [2.45, 2.75) is 49.3 Å². The van der Waals surface area contributed by atoms with Crippen molar-refractivity contribution in [1.29, 1.82) is 0 Å². The fraction of sp³-hybridized carbons (Fsp3) is 0.625. The average molecular weight is 454 g/mol. The fourth-order valence-corrected chi connectivity index (χ4v) is 4.75. The van der Waals surface area contributed by atoms with E-state index in [1.54, 1.807) is 24.3 Å². The van der Waals surface area contributed by atoms with E-state index in [2.05, 4.69) is 5.18 Å². The van der Waals surface area contributed by atoms with Gasteiger partial charge in [0.05, 0.1) is 12.7 Å². The molecular weight excluding hydrogens is 433 g/mol. The Balaban J connectivity index is 1.74. The molecule has 0 aromatic heterocycles. The van der Waals surface area contributed by atoms with Crippen LogP contribution in [0.15, 0.2) is 29.4 Å². The minimum Gasteiger partial charge on any atom is -0.388 e. The van der Waals surface area contributed by atoms with E-state index >= 15 is 0 Å². The number of phosphoric ester groups is 1. The number of aliphatic hydroxyl groups excluding tert-OH is 4. The summed E-state index contributed by atoms with van der Waals surface area (Å²) in [6.45, 7) is -0.637. The quantitative estimate of drug-likeness (QED) is 0.359. The summed E-state index contributed by atoms with van der Waals surface area (Å²) in [5.74, 6) is 0. The SMILES string of the molecule is O=NC[C@@H](O)[C@H]1O[C@@H](O[P@]2(=O)OCC[C@H](c3cccc(Cl)c3)O2)[C@@H](O)[C@@H](O)[C@@H]1O. The van der Waals surface area contributed by atoms with Crippen LogP contribution in [0.4, 0.5) is 0 Å². The number of hydrogen-bond acceptors (Lipinski definition) is 11. The number of halogens is 1. The van der Waals surface area contributed by atoms with Crippen molar-refractivity contribution >= 4 is 19.4 Å². The molecule has 8 atom stereocenters. The van der Waals surface area contributed by atoms with E-state index in [4.69, 9.17) is 29.9 Å². The van der Waals surface area contributed by atoms with E-state index in [1.807, 2.05) is 0 Å². The van der Waals surface area contributed by atoms with Crippen LogP contribution >= 0.6 is 19.4 Å². The van der Waals surface area contributed by atoms with Gasteiger partial charge in [-0.25, -0.2) is 4.57 Å². The second kappa shape index (κ2) is 9.44. The summed E-state index contributed by atoms with van der Waals surface area (Å²) in [5, 5.41) is 42.9. The Morgan fingerprint density at radius 2 is 2.03 bits per heavy atom. The van der Waals surface area contributed by atoms with Gasteiger partial charge in [0, 0.05) is 11.4 Å². The van der Waals surface area contributed by atoms with Crippen molar-refractivity contribution in [2.75, 3.05) is 13.2 Å². The molecule has 2 aliphatic heterocycles. The monoisotopic (exact) mass is 453 g/mol. The molecule has 2 heterocycles. The highest BCUT2D eigenvalue weighted by atomic mass is 35.5. The molecule has 0 saturated carbocycles. The van der Waals surface area contributed by atoms with Crippen LogP contribution < -0.4 is 0 Å². The largest absolute Gasteiger partial charge is 0.477 e. The van der Waals surface area contributed by atoms with Gasteiger partial charge in [0.2, 0.25) is 0 Å². The van der Waals surface area contributed by atoms with E-state index in [-0.39, 0.29) is 6.61 Å². The van der Waals surface area contributed by atoms with Crippen LogP contribution in [0.2, 0.25) is 5.02 Å². The van der Waals surface area contributed by atoms with Crippen LogP contribution in [-0.4, -0.2) is 70.4 Å². The Hall–Kier alpha value is -0.980. The maximum absolute atomic E-state index is 12.9. The molecule has 1 aromatic carbocycles. The lowest BCUT2D eigenvalue weighted by Crippen LogP contribution is -2.61. The third kappa shape index (κ3) is 5.20. The maximum atomic E-state index is 12.9. The van der Waals surface area contributed by atoms with Gasteiger partial charge in [-0.05, 0) is 17.7 Å². The number of nitroso groups, excluding NO2 is 1. The first-order valence-electron chi connectivity index (χ1n) is 8.78. The first-order chi connectivity index (χ1) is 13.7.